The zero-order valence-electron chi connectivity index (χ0n) is 17.0. The Balaban J connectivity index is 0.00000225. The van der Waals surface area contributed by atoms with Gasteiger partial charge in [-0.25, -0.2) is 0 Å². The highest BCUT2D eigenvalue weighted by Gasteiger charge is 2.34. The van der Waals surface area contributed by atoms with Gasteiger partial charge >= 0.3 is 0 Å². The summed E-state index contributed by atoms with van der Waals surface area (Å²) in [5, 5.41) is 7.45. The molecular formula is C22H35ClN2O3. The van der Waals surface area contributed by atoms with Crippen LogP contribution in [0.4, 0.5) is 5.69 Å². The van der Waals surface area contributed by atoms with E-state index in [-0.39, 0.29) is 12.4 Å². The van der Waals surface area contributed by atoms with Gasteiger partial charge in [-0.1, -0.05) is 12.5 Å². The molecule has 4 rings (SSSR count). The summed E-state index contributed by atoms with van der Waals surface area (Å²) in [4.78, 5) is 0. The Kier molecular flexibility index (Phi) is 8.27. The molecule has 0 amide bonds. The molecule has 3 aliphatic rings. The largest absolute Gasteiger partial charge is 0.493 e. The minimum Gasteiger partial charge on any atom is -0.493 e. The summed E-state index contributed by atoms with van der Waals surface area (Å²) in [7, 11) is 0. The van der Waals surface area contributed by atoms with E-state index >= 15 is 0 Å². The molecule has 0 aromatic heterocycles. The number of ether oxygens (including phenoxy) is 3. The molecule has 2 heterocycles. The minimum absolute atomic E-state index is 0. The van der Waals surface area contributed by atoms with E-state index in [4.69, 9.17) is 14.2 Å². The van der Waals surface area contributed by atoms with Gasteiger partial charge in [0, 0.05) is 43.6 Å². The standard InChI is InChI=1S/C22H34N2O3.ClH/c1-16-5-6-18(13-22(16)27-14-17-7-10-25-11-8-17)24-20-4-2-3-19(20)21-15-26-12-9-23-21;/h5-6,13,17,19-21,23-24H,2-4,7-12,14-15H2,1H3;1H. The van der Waals surface area contributed by atoms with Crippen molar-refractivity contribution in [1.82, 2.24) is 5.32 Å². The fourth-order valence-electron chi connectivity index (χ4n) is 4.69. The molecule has 1 aliphatic carbocycles. The summed E-state index contributed by atoms with van der Waals surface area (Å²) in [6, 6.07) is 7.54. The van der Waals surface area contributed by atoms with Gasteiger partial charge in [0.1, 0.15) is 5.75 Å². The number of benzene rings is 1. The van der Waals surface area contributed by atoms with E-state index < -0.39 is 0 Å². The number of anilines is 1. The van der Waals surface area contributed by atoms with Crippen LogP contribution in [0.2, 0.25) is 0 Å². The number of rotatable bonds is 6. The number of morpholine rings is 1. The van der Waals surface area contributed by atoms with Gasteiger partial charge in [-0.2, -0.15) is 0 Å². The van der Waals surface area contributed by atoms with Gasteiger partial charge in [0.25, 0.3) is 0 Å². The normalized spacial score (nSPS) is 28.5. The lowest BCUT2D eigenvalue weighted by Gasteiger charge is -2.33. The third-order valence-electron chi connectivity index (χ3n) is 6.39. The first-order valence-electron chi connectivity index (χ1n) is 10.7. The predicted octanol–water partition coefficient (Wildman–Crippen LogP) is 3.79. The minimum atomic E-state index is 0. The highest BCUT2D eigenvalue weighted by atomic mass is 35.5. The molecule has 2 aliphatic heterocycles. The van der Waals surface area contributed by atoms with Crippen LogP contribution in [0.15, 0.2) is 18.2 Å². The fraction of sp³-hybridized carbons (Fsp3) is 0.727. The molecule has 3 unspecified atom stereocenters. The summed E-state index contributed by atoms with van der Waals surface area (Å²) in [6.07, 6.45) is 6.01. The van der Waals surface area contributed by atoms with E-state index in [1.807, 2.05) is 0 Å². The van der Waals surface area contributed by atoms with Gasteiger partial charge in [0.15, 0.2) is 0 Å². The SMILES string of the molecule is Cc1ccc(NC2CCCC2C2COCCN2)cc1OCC1CCOCC1.Cl. The number of halogens is 1. The van der Waals surface area contributed by atoms with Crippen LogP contribution in [0.1, 0.15) is 37.7 Å². The Morgan fingerprint density at radius 1 is 1.11 bits per heavy atom. The lowest BCUT2D eigenvalue weighted by molar-refractivity contribution is 0.0496. The highest BCUT2D eigenvalue weighted by Crippen LogP contribution is 2.33. The molecule has 6 heteroatoms. The van der Waals surface area contributed by atoms with Crippen molar-refractivity contribution in [2.75, 3.05) is 44.9 Å². The monoisotopic (exact) mass is 410 g/mol. The second kappa shape index (κ2) is 10.7. The van der Waals surface area contributed by atoms with Gasteiger partial charge in [-0.05, 0) is 56.1 Å². The quantitative estimate of drug-likeness (QED) is 0.747. The average Bonchev–Trinajstić information content (AvgIpc) is 3.18. The Labute approximate surface area is 175 Å². The molecule has 2 N–H and O–H groups in total. The zero-order chi connectivity index (χ0) is 18.5. The van der Waals surface area contributed by atoms with Crippen molar-refractivity contribution < 1.29 is 14.2 Å². The van der Waals surface area contributed by atoms with Crippen LogP contribution in [-0.2, 0) is 9.47 Å². The zero-order valence-corrected chi connectivity index (χ0v) is 17.8. The molecule has 1 aromatic carbocycles. The van der Waals surface area contributed by atoms with Gasteiger partial charge in [0.2, 0.25) is 0 Å². The van der Waals surface area contributed by atoms with Crippen LogP contribution in [0, 0.1) is 18.8 Å². The van der Waals surface area contributed by atoms with Crippen molar-refractivity contribution in [2.24, 2.45) is 11.8 Å². The number of hydrogen-bond donors (Lipinski definition) is 2. The first kappa shape index (κ1) is 21.7. The summed E-state index contributed by atoms with van der Waals surface area (Å²) < 4.78 is 17.3. The fourth-order valence-corrected chi connectivity index (χ4v) is 4.69. The lowest BCUT2D eigenvalue weighted by atomic mass is 9.93. The van der Waals surface area contributed by atoms with Crippen LogP contribution < -0.4 is 15.4 Å². The van der Waals surface area contributed by atoms with Crippen molar-refractivity contribution in [3.63, 3.8) is 0 Å². The van der Waals surface area contributed by atoms with Crippen LogP contribution >= 0.6 is 12.4 Å². The summed E-state index contributed by atoms with van der Waals surface area (Å²) in [5.74, 6) is 2.27. The second-order valence-electron chi connectivity index (χ2n) is 8.33. The summed E-state index contributed by atoms with van der Waals surface area (Å²) in [5.41, 5.74) is 2.38. The van der Waals surface area contributed by atoms with Crippen LogP contribution in [0.3, 0.4) is 0 Å². The molecule has 2 saturated heterocycles. The van der Waals surface area contributed by atoms with E-state index in [1.165, 1.54) is 30.5 Å². The topological polar surface area (TPSA) is 51.8 Å². The summed E-state index contributed by atoms with van der Waals surface area (Å²) in [6.45, 7) is 7.33. The summed E-state index contributed by atoms with van der Waals surface area (Å²) >= 11 is 0. The molecule has 0 radical (unpaired) electrons. The third-order valence-corrected chi connectivity index (χ3v) is 6.39. The maximum Gasteiger partial charge on any atom is 0.124 e. The Morgan fingerprint density at radius 3 is 2.75 bits per heavy atom. The van der Waals surface area contributed by atoms with E-state index in [0.717, 1.165) is 58.2 Å². The van der Waals surface area contributed by atoms with E-state index in [1.54, 1.807) is 0 Å². The molecule has 5 nitrogen and oxygen atoms in total. The molecule has 3 fully saturated rings. The van der Waals surface area contributed by atoms with Crippen molar-refractivity contribution in [2.45, 2.75) is 51.1 Å². The third kappa shape index (κ3) is 5.53. The van der Waals surface area contributed by atoms with Gasteiger partial charge in [0.05, 0.1) is 19.8 Å². The van der Waals surface area contributed by atoms with Gasteiger partial charge in [-0.3, -0.25) is 0 Å². The second-order valence-corrected chi connectivity index (χ2v) is 8.33. The van der Waals surface area contributed by atoms with E-state index in [0.29, 0.717) is 23.9 Å². The molecular weight excluding hydrogens is 376 g/mol. The van der Waals surface area contributed by atoms with Crippen molar-refractivity contribution in [3.8, 4) is 5.75 Å². The predicted molar refractivity (Wildman–Crippen MR) is 115 cm³/mol. The van der Waals surface area contributed by atoms with E-state index in [2.05, 4.69) is 35.8 Å². The maximum atomic E-state index is 6.20. The highest BCUT2D eigenvalue weighted by molar-refractivity contribution is 5.85. The van der Waals surface area contributed by atoms with Crippen LogP contribution in [0.5, 0.6) is 5.75 Å². The molecule has 158 valence electrons. The van der Waals surface area contributed by atoms with Crippen LogP contribution in [0.25, 0.3) is 0 Å². The van der Waals surface area contributed by atoms with E-state index in [9.17, 15) is 0 Å². The Morgan fingerprint density at radius 2 is 1.96 bits per heavy atom. The van der Waals surface area contributed by atoms with Crippen LogP contribution in [-0.4, -0.2) is 51.7 Å². The molecule has 1 saturated carbocycles. The molecule has 1 aromatic rings. The van der Waals surface area contributed by atoms with Gasteiger partial charge < -0.3 is 24.8 Å². The molecule has 28 heavy (non-hydrogen) atoms. The first-order valence-corrected chi connectivity index (χ1v) is 10.7. The average molecular weight is 411 g/mol. The maximum absolute atomic E-state index is 6.20. The van der Waals surface area contributed by atoms with Crippen molar-refractivity contribution >= 4 is 18.1 Å². The molecule has 0 bridgehead atoms. The first-order chi connectivity index (χ1) is 13.3. The Bertz CT molecular complexity index is 603. The van der Waals surface area contributed by atoms with Crippen molar-refractivity contribution in [3.05, 3.63) is 23.8 Å². The van der Waals surface area contributed by atoms with Gasteiger partial charge in [-0.15, -0.1) is 12.4 Å². The smallest absolute Gasteiger partial charge is 0.124 e. The lowest BCUT2D eigenvalue weighted by Crippen LogP contribution is -2.49. The number of aryl methyl sites for hydroxylation is 1. The van der Waals surface area contributed by atoms with Crippen molar-refractivity contribution in [1.29, 1.82) is 0 Å². The number of hydrogen-bond acceptors (Lipinski definition) is 5. The Hall–Kier alpha value is -1.01. The number of nitrogens with one attached hydrogen (secondary N) is 2. The molecule has 3 atom stereocenters. The molecule has 0 spiro atoms.